The Balaban J connectivity index is 2.93. The molecule has 6 heteroatoms. The monoisotopic (exact) mass is 270 g/mol. The van der Waals surface area contributed by atoms with Gasteiger partial charge < -0.3 is 10.6 Å². The smallest absolute Gasteiger partial charge is 0.223 e. The Hall–Kier alpha value is -1.56. The van der Waals surface area contributed by atoms with E-state index in [1.807, 2.05) is 0 Å². The summed E-state index contributed by atoms with van der Waals surface area (Å²) in [6.45, 7) is 1.71. The first kappa shape index (κ1) is 14.5. The molecule has 100 valence electrons. The zero-order valence-electron chi connectivity index (χ0n) is 10.8. The molecular formula is C12H18N2O3S. The maximum Gasteiger partial charge on any atom is 0.223 e. The minimum Gasteiger partial charge on any atom is -0.399 e. The molecule has 2 N–H and O–H groups in total. The van der Waals surface area contributed by atoms with Gasteiger partial charge in [-0.25, -0.2) is 8.42 Å². The second-order valence-electron chi connectivity index (χ2n) is 4.38. The number of benzene rings is 1. The van der Waals surface area contributed by atoms with Gasteiger partial charge in [-0.3, -0.25) is 4.79 Å². The lowest BCUT2D eigenvalue weighted by atomic mass is 10.2. The molecule has 0 saturated heterocycles. The van der Waals surface area contributed by atoms with E-state index in [9.17, 15) is 13.2 Å². The number of carbonyl (C=O) groups excluding carboxylic acids is 1. The summed E-state index contributed by atoms with van der Waals surface area (Å²) in [5.41, 5.74) is 6.63. The summed E-state index contributed by atoms with van der Waals surface area (Å²) in [5.74, 6) is -0.408. The van der Waals surface area contributed by atoms with Crippen LogP contribution in [0, 0.1) is 6.92 Å². The van der Waals surface area contributed by atoms with Gasteiger partial charge in [0.05, 0.1) is 10.6 Å². The SMILES string of the molecule is Cc1ccc(N)cc1S(=O)(=O)CCC(=O)N(C)C. The fraction of sp³-hybridized carbons (Fsp3) is 0.417. The number of hydrogen-bond donors (Lipinski definition) is 1. The average Bonchev–Trinajstić information content (AvgIpc) is 2.29. The standard InChI is InChI=1S/C12H18N2O3S/c1-9-4-5-10(13)8-11(9)18(16,17)7-6-12(15)14(2)3/h4-5,8H,6-7,13H2,1-3H3. The van der Waals surface area contributed by atoms with Gasteiger partial charge in [0.15, 0.2) is 9.84 Å². The highest BCUT2D eigenvalue weighted by Crippen LogP contribution is 2.20. The third kappa shape index (κ3) is 3.46. The summed E-state index contributed by atoms with van der Waals surface area (Å²) in [6, 6.07) is 4.75. The Bertz CT molecular complexity index is 550. The minimum absolute atomic E-state index is 0.0242. The molecule has 0 aliphatic rings. The van der Waals surface area contributed by atoms with E-state index in [0.717, 1.165) is 0 Å². The Morgan fingerprint density at radius 1 is 1.33 bits per heavy atom. The van der Waals surface area contributed by atoms with E-state index in [-0.39, 0.29) is 23.0 Å². The number of hydrogen-bond acceptors (Lipinski definition) is 4. The molecule has 18 heavy (non-hydrogen) atoms. The van der Waals surface area contributed by atoms with Crippen molar-refractivity contribution in [1.29, 1.82) is 0 Å². The predicted octanol–water partition coefficient (Wildman–Crippen LogP) is 0.829. The molecule has 0 bridgehead atoms. The van der Waals surface area contributed by atoms with Crippen LogP contribution in [0.15, 0.2) is 23.1 Å². The van der Waals surface area contributed by atoms with Crippen LogP contribution in [0.25, 0.3) is 0 Å². The van der Waals surface area contributed by atoms with Crippen LogP contribution in [-0.4, -0.2) is 39.1 Å². The van der Waals surface area contributed by atoms with Crippen molar-refractivity contribution in [3.05, 3.63) is 23.8 Å². The summed E-state index contributed by atoms with van der Waals surface area (Å²) >= 11 is 0. The van der Waals surface area contributed by atoms with Crippen molar-refractivity contribution in [3.63, 3.8) is 0 Å². The van der Waals surface area contributed by atoms with E-state index in [1.165, 1.54) is 11.0 Å². The molecule has 0 heterocycles. The second-order valence-corrected chi connectivity index (χ2v) is 6.46. The zero-order valence-corrected chi connectivity index (χ0v) is 11.6. The predicted molar refractivity (Wildman–Crippen MR) is 71.0 cm³/mol. The van der Waals surface area contributed by atoms with Gasteiger partial charge in [-0.05, 0) is 24.6 Å². The van der Waals surface area contributed by atoms with Crippen LogP contribution in [0.3, 0.4) is 0 Å². The van der Waals surface area contributed by atoms with Crippen LogP contribution >= 0.6 is 0 Å². The first-order valence-electron chi connectivity index (χ1n) is 5.53. The number of aryl methyl sites for hydroxylation is 1. The van der Waals surface area contributed by atoms with Crippen molar-refractivity contribution in [2.45, 2.75) is 18.2 Å². The number of carbonyl (C=O) groups is 1. The number of nitrogens with zero attached hydrogens (tertiary/aromatic N) is 1. The molecular weight excluding hydrogens is 252 g/mol. The second kappa shape index (κ2) is 5.39. The molecule has 1 aromatic rings. The van der Waals surface area contributed by atoms with E-state index in [2.05, 4.69) is 0 Å². The van der Waals surface area contributed by atoms with Crippen LogP contribution in [0.5, 0.6) is 0 Å². The Labute approximate surface area is 108 Å². The van der Waals surface area contributed by atoms with Crippen LogP contribution in [0.4, 0.5) is 5.69 Å². The van der Waals surface area contributed by atoms with Gasteiger partial charge in [0, 0.05) is 26.2 Å². The van der Waals surface area contributed by atoms with Crippen LogP contribution < -0.4 is 5.73 Å². The van der Waals surface area contributed by atoms with Gasteiger partial charge >= 0.3 is 0 Å². The molecule has 0 saturated carbocycles. The summed E-state index contributed by atoms with van der Waals surface area (Å²) in [4.78, 5) is 13.0. The van der Waals surface area contributed by atoms with Gasteiger partial charge in [-0.2, -0.15) is 0 Å². The molecule has 0 aromatic heterocycles. The van der Waals surface area contributed by atoms with Crippen LogP contribution in [0.1, 0.15) is 12.0 Å². The Morgan fingerprint density at radius 3 is 2.50 bits per heavy atom. The molecule has 0 radical (unpaired) electrons. The zero-order chi connectivity index (χ0) is 13.9. The lowest BCUT2D eigenvalue weighted by Gasteiger charge is -2.11. The molecule has 0 aliphatic heterocycles. The number of amides is 1. The Kier molecular flexibility index (Phi) is 4.34. The molecule has 0 spiro atoms. The average molecular weight is 270 g/mol. The highest BCUT2D eigenvalue weighted by Gasteiger charge is 2.19. The van der Waals surface area contributed by atoms with E-state index >= 15 is 0 Å². The number of anilines is 1. The highest BCUT2D eigenvalue weighted by atomic mass is 32.2. The lowest BCUT2D eigenvalue weighted by Crippen LogP contribution is -2.24. The molecule has 1 aromatic carbocycles. The largest absolute Gasteiger partial charge is 0.399 e. The molecule has 0 unspecified atom stereocenters. The fourth-order valence-electron chi connectivity index (χ4n) is 1.51. The number of rotatable bonds is 4. The van der Waals surface area contributed by atoms with Crippen molar-refractivity contribution >= 4 is 21.4 Å². The molecule has 5 nitrogen and oxygen atoms in total. The summed E-state index contributed by atoms with van der Waals surface area (Å²) < 4.78 is 24.2. The van der Waals surface area contributed by atoms with Crippen molar-refractivity contribution in [2.75, 3.05) is 25.6 Å². The lowest BCUT2D eigenvalue weighted by molar-refractivity contribution is -0.128. The van der Waals surface area contributed by atoms with Gasteiger partial charge in [0.2, 0.25) is 5.91 Å². The van der Waals surface area contributed by atoms with Crippen molar-refractivity contribution in [2.24, 2.45) is 0 Å². The first-order chi connectivity index (χ1) is 8.24. The minimum atomic E-state index is -3.47. The van der Waals surface area contributed by atoms with Gasteiger partial charge in [-0.1, -0.05) is 6.07 Å². The van der Waals surface area contributed by atoms with E-state index in [0.29, 0.717) is 11.3 Å². The maximum absolute atomic E-state index is 12.1. The van der Waals surface area contributed by atoms with Gasteiger partial charge in [-0.15, -0.1) is 0 Å². The summed E-state index contributed by atoms with van der Waals surface area (Å²) in [5, 5.41) is 0. The van der Waals surface area contributed by atoms with E-state index in [4.69, 9.17) is 5.73 Å². The van der Waals surface area contributed by atoms with Crippen molar-refractivity contribution < 1.29 is 13.2 Å². The highest BCUT2D eigenvalue weighted by molar-refractivity contribution is 7.91. The summed E-state index contributed by atoms with van der Waals surface area (Å²) in [7, 11) is -0.274. The Morgan fingerprint density at radius 2 is 1.94 bits per heavy atom. The van der Waals surface area contributed by atoms with Gasteiger partial charge in [0.1, 0.15) is 0 Å². The topological polar surface area (TPSA) is 80.5 Å². The van der Waals surface area contributed by atoms with Crippen LogP contribution in [0.2, 0.25) is 0 Å². The molecule has 1 rings (SSSR count). The normalized spacial score (nSPS) is 11.3. The van der Waals surface area contributed by atoms with Crippen molar-refractivity contribution in [3.8, 4) is 0 Å². The third-order valence-corrected chi connectivity index (χ3v) is 4.48. The quantitative estimate of drug-likeness (QED) is 0.822. The first-order valence-corrected chi connectivity index (χ1v) is 7.18. The summed E-state index contributed by atoms with van der Waals surface area (Å²) in [6.07, 6.45) is -0.0242. The molecule has 0 fully saturated rings. The van der Waals surface area contributed by atoms with E-state index in [1.54, 1.807) is 33.2 Å². The van der Waals surface area contributed by atoms with Gasteiger partial charge in [0.25, 0.3) is 0 Å². The number of sulfone groups is 1. The molecule has 0 aliphatic carbocycles. The number of nitrogens with two attached hydrogens (primary N) is 1. The van der Waals surface area contributed by atoms with Crippen molar-refractivity contribution in [1.82, 2.24) is 4.90 Å². The van der Waals surface area contributed by atoms with Crippen LogP contribution in [-0.2, 0) is 14.6 Å². The number of nitrogen functional groups attached to an aromatic ring is 1. The van der Waals surface area contributed by atoms with E-state index < -0.39 is 9.84 Å². The maximum atomic E-state index is 12.1. The molecule has 0 atom stereocenters. The fourth-order valence-corrected chi connectivity index (χ4v) is 3.04. The third-order valence-electron chi connectivity index (χ3n) is 2.63. The molecule has 1 amide bonds.